The van der Waals surface area contributed by atoms with E-state index >= 15 is 0 Å². The van der Waals surface area contributed by atoms with Gasteiger partial charge >= 0.3 is 5.97 Å². The van der Waals surface area contributed by atoms with Crippen molar-refractivity contribution in [3.8, 4) is 22.6 Å². The molecule has 0 unspecified atom stereocenters. The first-order valence-corrected chi connectivity index (χ1v) is 9.40. The lowest BCUT2D eigenvalue weighted by Gasteiger charge is -2.19. The number of nitrogens with one attached hydrogen (secondary N) is 2. The van der Waals surface area contributed by atoms with Crippen LogP contribution in [-0.4, -0.2) is 35.8 Å². The maximum atomic E-state index is 12.4. The fraction of sp³-hybridized carbons (Fsp3) is 0.182. The third kappa shape index (κ3) is 2.82. The fourth-order valence-corrected chi connectivity index (χ4v) is 3.70. The van der Waals surface area contributed by atoms with Crippen LogP contribution in [-0.2, 0) is 4.74 Å². The van der Waals surface area contributed by atoms with Crippen LogP contribution >= 0.6 is 0 Å². The SMILES string of the molecule is CCOC(=O)c1c[nH]c2c(=O)[nH]c3ccc(-c4ccc5c(c4)OCCO5)cc3c12. The number of aromatic amines is 2. The number of fused-ring (bicyclic) bond motifs is 4. The topological polar surface area (TPSA) is 93.4 Å². The first-order chi connectivity index (χ1) is 14.2. The maximum absolute atomic E-state index is 12.4. The summed E-state index contributed by atoms with van der Waals surface area (Å²) >= 11 is 0. The van der Waals surface area contributed by atoms with Crippen molar-refractivity contribution in [3.05, 3.63) is 58.5 Å². The summed E-state index contributed by atoms with van der Waals surface area (Å²) in [5.74, 6) is 0.965. The van der Waals surface area contributed by atoms with Gasteiger partial charge < -0.3 is 24.2 Å². The third-order valence-corrected chi connectivity index (χ3v) is 5.02. The molecule has 29 heavy (non-hydrogen) atoms. The molecule has 0 saturated carbocycles. The Hall–Kier alpha value is -3.74. The number of ether oxygens (including phenoxy) is 3. The first-order valence-electron chi connectivity index (χ1n) is 9.40. The summed E-state index contributed by atoms with van der Waals surface area (Å²) in [5, 5.41) is 1.32. The predicted octanol–water partition coefficient (Wildman–Crippen LogP) is 3.62. The zero-order valence-corrected chi connectivity index (χ0v) is 15.7. The molecule has 0 saturated heterocycles. The van der Waals surface area contributed by atoms with Gasteiger partial charge in [-0.05, 0) is 42.3 Å². The minimum Gasteiger partial charge on any atom is -0.486 e. The Bertz CT molecular complexity index is 1320. The largest absolute Gasteiger partial charge is 0.486 e. The number of carbonyl (C=O) groups excluding carboxylic acids is 1. The van der Waals surface area contributed by atoms with Gasteiger partial charge in [0.1, 0.15) is 18.7 Å². The van der Waals surface area contributed by atoms with E-state index in [1.54, 1.807) is 6.92 Å². The summed E-state index contributed by atoms with van der Waals surface area (Å²) in [6.45, 7) is 3.06. The summed E-state index contributed by atoms with van der Waals surface area (Å²) in [6, 6.07) is 11.5. The Balaban J connectivity index is 1.72. The van der Waals surface area contributed by atoms with Crippen molar-refractivity contribution in [2.45, 2.75) is 6.92 Å². The molecule has 2 N–H and O–H groups in total. The summed E-state index contributed by atoms with van der Waals surface area (Å²) in [4.78, 5) is 30.6. The van der Waals surface area contributed by atoms with E-state index in [0.29, 0.717) is 40.9 Å². The number of hydrogen-bond acceptors (Lipinski definition) is 5. The van der Waals surface area contributed by atoms with Crippen molar-refractivity contribution in [1.82, 2.24) is 9.97 Å². The molecule has 0 bridgehead atoms. The van der Waals surface area contributed by atoms with E-state index in [1.165, 1.54) is 6.20 Å². The van der Waals surface area contributed by atoms with E-state index in [1.807, 2.05) is 36.4 Å². The van der Waals surface area contributed by atoms with E-state index in [-0.39, 0.29) is 12.2 Å². The van der Waals surface area contributed by atoms with Gasteiger partial charge in [-0.3, -0.25) is 4.79 Å². The van der Waals surface area contributed by atoms with Gasteiger partial charge in [-0.2, -0.15) is 0 Å². The Kier molecular flexibility index (Phi) is 4.01. The van der Waals surface area contributed by atoms with E-state index in [0.717, 1.165) is 22.3 Å². The van der Waals surface area contributed by atoms with Gasteiger partial charge in [-0.25, -0.2) is 4.79 Å². The highest BCUT2D eigenvalue weighted by Crippen LogP contribution is 2.36. The first kappa shape index (κ1) is 17.4. The van der Waals surface area contributed by atoms with Crippen LogP contribution in [0.1, 0.15) is 17.3 Å². The molecule has 4 aromatic rings. The highest BCUT2D eigenvalue weighted by molar-refractivity contribution is 6.15. The highest BCUT2D eigenvalue weighted by Gasteiger charge is 2.19. The second-order valence-electron chi connectivity index (χ2n) is 6.75. The van der Waals surface area contributed by atoms with Gasteiger partial charge in [-0.1, -0.05) is 12.1 Å². The maximum Gasteiger partial charge on any atom is 0.340 e. The molecule has 146 valence electrons. The average molecular weight is 390 g/mol. The van der Waals surface area contributed by atoms with Crippen LogP contribution in [0.2, 0.25) is 0 Å². The molecule has 3 heterocycles. The van der Waals surface area contributed by atoms with Gasteiger partial charge in [0.05, 0.1) is 12.2 Å². The molecule has 0 aliphatic carbocycles. The van der Waals surface area contributed by atoms with Crippen molar-refractivity contribution >= 4 is 27.8 Å². The molecule has 2 aromatic heterocycles. The van der Waals surface area contributed by atoms with Crippen LogP contribution in [0, 0.1) is 0 Å². The van der Waals surface area contributed by atoms with Gasteiger partial charge in [0.15, 0.2) is 11.5 Å². The molecule has 1 aliphatic heterocycles. The van der Waals surface area contributed by atoms with E-state index in [9.17, 15) is 9.59 Å². The van der Waals surface area contributed by atoms with Crippen molar-refractivity contribution in [3.63, 3.8) is 0 Å². The lowest BCUT2D eigenvalue weighted by Crippen LogP contribution is -2.15. The Labute approximate surface area is 165 Å². The molecule has 7 nitrogen and oxygen atoms in total. The van der Waals surface area contributed by atoms with Crippen LogP contribution in [0.3, 0.4) is 0 Å². The minimum absolute atomic E-state index is 0.259. The zero-order valence-electron chi connectivity index (χ0n) is 15.7. The molecule has 0 fully saturated rings. The molecule has 5 rings (SSSR count). The molecule has 1 aliphatic rings. The van der Waals surface area contributed by atoms with Crippen LogP contribution < -0.4 is 15.0 Å². The molecule has 0 atom stereocenters. The molecule has 0 spiro atoms. The van der Waals surface area contributed by atoms with Crippen molar-refractivity contribution in [1.29, 1.82) is 0 Å². The standard InChI is InChI=1S/C22H18N2O5/c1-2-27-22(26)15-11-23-20-19(15)14-9-12(3-5-16(14)24-21(20)25)13-4-6-17-18(10-13)29-8-7-28-17/h3-6,9-11,23H,2,7-8H2,1H3,(H,24,25). The monoisotopic (exact) mass is 390 g/mol. The van der Waals surface area contributed by atoms with Crippen molar-refractivity contribution in [2.75, 3.05) is 19.8 Å². The van der Waals surface area contributed by atoms with Crippen LogP contribution in [0.15, 0.2) is 47.4 Å². The molecular weight excluding hydrogens is 372 g/mol. The number of H-pyrrole nitrogens is 2. The van der Waals surface area contributed by atoms with Crippen molar-refractivity contribution < 1.29 is 19.0 Å². The quantitative estimate of drug-likeness (QED) is 0.521. The number of rotatable bonds is 3. The number of esters is 1. The third-order valence-electron chi connectivity index (χ3n) is 5.02. The zero-order chi connectivity index (χ0) is 20.0. The lowest BCUT2D eigenvalue weighted by molar-refractivity contribution is 0.0529. The average Bonchev–Trinajstić information content (AvgIpc) is 3.20. The number of benzene rings is 2. The van der Waals surface area contributed by atoms with E-state index in [4.69, 9.17) is 14.2 Å². The molecule has 0 radical (unpaired) electrons. The van der Waals surface area contributed by atoms with Gasteiger partial charge in [0.2, 0.25) is 0 Å². The Morgan fingerprint density at radius 3 is 2.66 bits per heavy atom. The van der Waals surface area contributed by atoms with Gasteiger partial charge in [0, 0.05) is 22.5 Å². The summed E-state index contributed by atoms with van der Waals surface area (Å²) < 4.78 is 16.4. The number of aromatic nitrogens is 2. The molecule has 2 aromatic carbocycles. The normalized spacial score (nSPS) is 13.0. The smallest absolute Gasteiger partial charge is 0.340 e. The van der Waals surface area contributed by atoms with Gasteiger partial charge in [-0.15, -0.1) is 0 Å². The molecule has 0 amide bonds. The van der Waals surface area contributed by atoms with Crippen LogP contribution in [0.5, 0.6) is 11.5 Å². The van der Waals surface area contributed by atoms with Crippen LogP contribution in [0.25, 0.3) is 32.9 Å². The second kappa shape index (κ2) is 6.70. The Morgan fingerprint density at radius 1 is 1.07 bits per heavy atom. The minimum atomic E-state index is -0.463. The summed E-state index contributed by atoms with van der Waals surface area (Å²) in [7, 11) is 0. The summed E-state index contributed by atoms with van der Waals surface area (Å²) in [5.41, 5.74) is 2.93. The number of hydrogen-bond donors (Lipinski definition) is 2. The highest BCUT2D eigenvalue weighted by atomic mass is 16.6. The number of pyridine rings is 1. The van der Waals surface area contributed by atoms with Gasteiger partial charge in [0.25, 0.3) is 5.56 Å². The van der Waals surface area contributed by atoms with Crippen LogP contribution in [0.4, 0.5) is 0 Å². The Morgan fingerprint density at radius 2 is 1.83 bits per heavy atom. The second-order valence-corrected chi connectivity index (χ2v) is 6.75. The fourth-order valence-electron chi connectivity index (χ4n) is 3.70. The van der Waals surface area contributed by atoms with Crippen molar-refractivity contribution in [2.24, 2.45) is 0 Å². The predicted molar refractivity (Wildman–Crippen MR) is 109 cm³/mol. The summed E-state index contributed by atoms with van der Waals surface area (Å²) in [6.07, 6.45) is 1.52. The lowest BCUT2D eigenvalue weighted by atomic mass is 10.00. The molecule has 7 heteroatoms. The number of carbonyl (C=O) groups is 1. The van der Waals surface area contributed by atoms with E-state index < -0.39 is 5.97 Å². The molecular formula is C22H18N2O5. The van der Waals surface area contributed by atoms with E-state index in [2.05, 4.69) is 9.97 Å².